The molecule has 0 fully saturated rings. The standard InChI is InChI=1S/C46H34N4O/c1-27-9-5-10-28(2)41(27)37-15-7-13-35-33-19-17-31(25-39(33)45-47-21-23-49(45)43(35)37)51-32-18-20-34-36-14-8-16-38(42-29(3)11-6-12-30(42)4)44(36)50-24-22-48-46(50)40(34)26-32/h5-26H,1-4H3. The molecule has 0 unspecified atom stereocenters. The molecule has 5 nitrogen and oxygen atoms in total. The topological polar surface area (TPSA) is 43.8 Å². The highest BCUT2D eigenvalue weighted by atomic mass is 16.5. The summed E-state index contributed by atoms with van der Waals surface area (Å²) in [6.07, 6.45) is 7.91. The van der Waals surface area contributed by atoms with Crippen LogP contribution < -0.4 is 4.74 Å². The second-order valence-electron chi connectivity index (χ2n) is 13.7. The van der Waals surface area contributed by atoms with Gasteiger partial charge in [-0.2, -0.15) is 0 Å². The molecular weight excluding hydrogens is 625 g/mol. The second kappa shape index (κ2) is 11.0. The Balaban J connectivity index is 1.12. The molecule has 4 heterocycles. The Kier molecular flexibility index (Phi) is 6.37. The van der Waals surface area contributed by atoms with Crippen LogP contribution in [0.5, 0.6) is 11.5 Å². The molecule has 0 aliphatic rings. The molecular formula is C46H34N4O. The normalized spacial score (nSPS) is 11.9. The van der Waals surface area contributed by atoms with Crippen molar-refractivity contribution in [3.05, 3.63) is 156 Å². The number of aromatic nitrogens is 4. The highest BCUT2D eigenvalue weighted by Gasteiger charge is 2.19. The lowest BCUT2D eigenvalue weighted by atomic mass is 9.92. The largest absolute Gasteiger partial charge is 0.457 e. The summed E-state index contributed by atoms with van der Waals surface area (Å²) in [6.45, 7) is 8.75. The van der Waals surface area contributed by atoms with E-state index in [1.807, 2.05) is 12.4 Å². The van der Waals surface area contributed by atoms with E-state index >= 15 is 0 Å². The SMILES string of the molecule is Cc1cccc(C)c1-c1cccc2c3ccc(Oc4ccc5c(c4)c4nccn4c4c(-c6c(C)cccc6C)cccc54)cc3c3nccn3c12. The van der Waals surface area contributed by atoms with Crippen LogP contribution in [0, 0.1) is 27.7 Å². The monoisotopic (exact) mass is 658 g/mol. The lowest BCUT2D eigenvalue weighted by molar-refractivity contribution is 0.484. The van der Waals surface area contributed by atoms with Gasteiger partial charge in [-0.3, -0.25) is 8.80 Å². The van der Waals surface area contributed by atoms with Gasteiger partial charge in [-0.25, -0.2) is 9.97 Å². The number of aryl methyl sites for hydroxylation is 4. The van der Waals surface area contributed by atoms with Gasteiger partial charge >= 0.3 is 0 Å². The van der Waals surface area contributed by atoms with Crippen molar-refractivity contribution in [1.82, 2.24) is 18.8 Å². The van der Waals surface area contributed by atoms with Crippen LogP contribution in [-0.2, 0) is 0 Å². The van der Waals surface area contributed by atoms with E-state index in [-0.39, 0.29) is 0 Å². The molecule has 0 radical (unpaired) electrons. The zero-order valence-electron chi connectivity index (χ0n) is 28.9. The van der Waals surface area contributed by atoms with E-state index in [1.54, 1.807) is 0 Å². The number of nitrogens with zero attached hydrogens (tertiary/aromatic N) is 4. The molecule has 4 aromatic heterocycles. The molecule has 0 atom stereocenters. The van der Waals surface area contributed by atoms with Gasteiger partial charge in [0.1, 0.15) is 22.8 Å². The van der Waals surface area contributed by atoms with E-state index in [9.17, 15) is 0 Å². The van der Waals surface area contributed by atoms with Crippen molar-refractivity contribution < 1.29 is 4.74 Å². The maximum atomic E-state index is 6.64. The number of fused-ring (bicyclic) bond motifs is 12. The second-order valence-corrected chi connectivity index (χ2v) is 13.7. The number of para-hydroxylation sites is 2. The summed E-state index contributed by atoms with van der Waals surface area (Å²) in [5.74, 6) is 1.52. The van der Waals surface area contributed by atoms with Crippen molar-refractivity contribution in [2.45, 2.75) is 27.7 Å². The van der Waals surface area contributed by atoms with Gasteiger partial charge < -0.3 is 4.74 Å². The summed E-state index contributed by atoms with van der Waals surface area (Å²) in [4.78, 5) is 9.72. The lowest BCUT2D eigenvalue weighted by Crippen LogP contribution is -1.97. The molecule has 0 aliphatic carbocycles. The van der Waals surface area contributed by atoms with Crippen molar-refractivity contribution in [3.8, 4) is 33.8 Å². The maximum absolute atomic E-state index is 6.64. The summed E-state index contributed by atoms with van der Waals surface area (Å²) in [7, 11) is 0. The quantitative estimate of drug-likeness (QED) is 0.177. The minimum atomic E-state index is 0.759. The minimum absolute atomic E-state index is 0.759. The van der Waals surface area contributed by atoms with Gasteiger partial charge in [0.25, 0.3) is 0 Å². The number of pyridine rings is 2. The number of benzene rings is 6. The van der Waals surface area contributed by atoms with Gasteiger partial charge in [0.15, 0.2) is 0 Å². The minimum Gasteiger partial charge on any atom is -0.457 e. The molecule has 51 heavy (non-hydrogen) atoms. The fourth-order valence-corrected chi connectivity index (χ4v) is 8.44. The molecule has 0 spiro atoms. The van der Waals surface area contributed by atoms with Crippen LogP contribution in [0.4, 0.5) is 0 Å². The van der Waals surface area contributed by atoms with Crippen molar-refractivity contribution in [3.63, 3.8) is 0 Å². The Morgan fingerprint density at radius 1 is 0.431 bits per heavy atom. The smallest absolute Gasteiger partial charge is 0.145 e. The van der Waals surface area contributed by atoms with E-state index in [0.29, 0.717) is 0 Å². The van der Waals surface area contributed by atoms with E-state index in [4.69, 9.17) is 14.7 Å². The van der Waals surface area contributed by atoms with Gasteiger partial charge in [0, 0.05) is 57.5 Å². The van der Waals surface area contributed by atoms with Crippen LogP contribution in [0.25, 0.3) is 76.9 Å². The van der Waals surface area contributed by atoms with Crippen LogP contribution in [0.2, 0.25) is 0 Å². The third-order valence-electron chi connectivity index (χ3n) is 10.6. The Hall–Kier alpha value is -6.46. The summed E-state index contributed by atoms with van der Waals surface area (Å²) >= 11 is 0. The summed E-state index contributed by atoms with van der Waals surface area (Å²) in [6, 6.07) is 38.9. The number of hydrogen-bond acceptors (Lipinski definition) is 3. The molecule has 10 rings (SSSR count). The molecule has 0 N–H and O–H groups in total. The van der Waals surface area contributed by atoms with E-state index < -0.39 is 0 Å². The average molecular weight is 659 g/mol. The van der Waals surface area contributed by atoms with Crippen LogP contribution in [0.1, 0.15) is 22.3 Å². The predicted octanol–water partition coefficient (Wildman–Crippen LogP) is 12.0. The molecule has 0 saturated heterocycles. The summed E-state index contributed by atoms with van der Waals surface area (Å²) in [5, 5.41) is 6.75. The van der Waals surface area contributed by atoms with E-state index in [1.165, 1.54) is 55.3 Å². The van der Waals surface area contributed by atoms with Crippen LogP contribution >= 0.6 is 0 Å². The average Bonchev–Trinajstić information content (AvgIpc) is 3.83. The summed E-state index contributed by atoms with van der Waals surface area (Å²) in [5.41, 5.74) is 14.2. The maximum Gasteiger partial charge on any atom is 0.145 e. The number of hydrogen-bond donors (Lipinski definition) is 0. The van der Waals surface area contributed by atoms with Crippen molar-refractivity contribution >= 4 is 54.6 Å². The Morgan fingerprint density at radius 3 is 1.27 bits per heavy atom. The number of imidazole rings is 2. The molecule has 10 aromatic rings. The van der Waals surface area contributed by atoms with Gasteiger partial charge in [-0.1, -0.05) is 72.8 Å². The molecule has 244 valence electrons. The van der Waals surface area contributed by atoms with Gasteiger partial charge in [-0.15, -0.1) is 0 Å². The van der Waals surface area contributed by atoms with Crippen molar-refractivity contribution in [2.24, 2.45) is 0 Å². The first-order chi connectivity index (χ1) is 25.0. The number of rotatable bonds is 4. The van der Waals surface area contributed by atoms with Crippen LogP contribution in [0.15, 0.2) is 134 Å². The predicted molar refractivity (Wildman–Crippen MR) is 210 cm³/mol. The zero-order chi connectivity index (χ0) is 34.4. The molecule has 6 aromatic carbocycles. The Labute approximate surface area is 295 Å². The third-order valence-corrected chi connectivity index (χ3v) is 10.6. The molecule has 5 heteroatoms. The van der Waals surface area contributed by atoms with Crippen LogP contribution in [-0.4, -0.2) is 18.8 Å². The summed E-state index contributed by atoms with van der Waals surface area (Å²) < 4.78 is 11.1. The zero-order valence-corrected chi connectivity index (χ0v) is 28.9. The first-order valence-corrected chi connectivity index (χ1v) is 17.4. The van der Waals surface area contributed by atoms with Crippen LogP contribution in [0.3, 0.4) is 0 Å². The highest BCUT2D eigenvalue weighted by molar-refractivity contribution is 6.17. The van der Waals surface area contributed by atoms with Gasteiger partial charge in [0.2, 0.25) is 0 Å². The van der Waals surface area contributed by atoms with E-state index in [0.717, 1.165) is 55.4 Å². The Morgan fingerprint density at radius 2 is 0.843 bits per heavy atom. The highest BCUT2D eigenvalue weighted by Crippen LogP contribution is 2.41. The van der Waals surface area contributed by atoms with E-state index in [2.05, 4.69) is 158 Å². The van der Waals surface area contributed by atoms with Gasteiger partial charge in [-0.05, 0) is 108 Å². The molecule has 0 saturated carbocycles. The number of ether oxygens (including phenoxy) is 1. The fraction of sp³-hybridized carbons (Fsp3) is 0.0870. The van der Waals surface area contributed by atoms with Crippen molar-refractivity contribution in [1.29, 1.82) is 0 Å². The Bertz CT molecular complexity index is 2810. The molecule has 0 bridgehead atoms. The lowest BCUT2D eigenvalue weighted by Gasteiger charge is -2.17. The third kappa shape index (κ3) is 4.34. The molecule has 0 aliphatic heterocycles. The van der Waals surface area contributed by atoms with Gasteiger partial charge in [0.05, 0.1) is 11.0 Å². The first kappa shape index (κ1) is 29.5. The van der Waals surface area contributed by atoms with Crippen molar-refractivity contribution in [2.75, 3.05) is 0 Å². The fourth-order valence-electron chi connectivity index (χ4n) is 8.44. The first-order valence-electron chi connectivity index (χ1n) is 17.4. The molecule has 0 amide bonds.